The monoisotopic (exact) mass is 383 g/mol. The molecule has 0 fully saturated rings. The third-order valence-corrected chi connectivity index (χ3v) is 4.73. The van der Waals surface area contributed by atoms with Crippen LogP contribution in [0.2, 0.25) is 0 Å². The summed E-state index contributed by atoms with van der Waals surface area (Å²) in [7, 11) is 3.49. The molecule has 0 saturated heterocycles. The highest BCUT2D eigenvalue weighted by molar-refractivity contribution is 5.79. The summed E-state index contributed by atoms with van der Waals surface area (Å²) in [6.45, 7) is 7.25. The molecule has 0 aliphatic carbocycles. The van der Waals surface area contributed by atoms with Crippen LogP contribution in [0.25, 0.3) is 0 Å². The van der Waals surface area contributed by atoms with E-state index in [1.807, 2.05) is 19.1 Å². The average Bonchev–Trinajstić information content (AvgIpc) is 2.75. The molecule has 28 heavy (non-hydrogen) atoms. The highest BCUT2D eigenvalue weighted by atomic mass is 16.5. The fraction of sp³-hybridized carbons (Fsp3) is 0.435. The van der Waals surface area contributed by atoms with Gasteiger partial charge in [-0.2, -0.15) is 0 Å². The number of nitrogens with one attached hydrogen (secondary N) is 2. The van der Waals surface area contributed by atoms with Gasteiger partial charge in [0, 0.05) is 26.7 Å². The predicted octanol–water partition coefficient (Wildman–Crippen LogP) is 4.09. The molecule has 1 unspecified atom stereocenters. The van der Waals surface area contributed by atoms with E-state index in [0.717, 1.165) is 37.8 Å². The van der Waals surface area contributed by atoms with E-state index in [1.54, 1.807) is 14.2 Å². The van der Waals surface area contributed by atoms with Crippen molar-refractivity contribution in [3.63, 3.8) is 0 Å². The summed E-state index contributed by atoms with van der Waals surface area (Å²) < 4.78 is 10.7. The summed E-state index contributed by atoms with van der Waals surface area (Å²) in [6, 6.07) is 16.8. The fourth-order valence-electron chi connectivity index (χ4n) is 2.89. The van der Waals surface area contributed by atoms with Crippen molar-refractivity contribution in [1.29, 1.82) is 0 Å². The van der Waals surface area contributed by atoms with Crippen LogP contribution >= 0.6 is 0 Å². The van der Waals surface area contributed by atoms with Crippen LogP contribution < -0.4 is 15.4 Å². The fourth-order valence-corrected chi connectivity index (χ4v) is 2.89. The molecular formula is C23H33N3O2. The Morgan fingerprint density at radius 3 is 2.29 bits per heavy atom. The van der Waals surface area contributed by atoms with Gasteiger partial charge >= 0.3 is 0 Å². The maximum absolute atomic E-state index is 5.43. The molecule has 152 valence electrons. The Hall–Kier alpha value is -2.53. The second-order valence-electron chi connectivity index (χ2n) is 6.77. The Bertz CT molecular complexity index is 712. The Morgan fingerprint density at radius 1 is 1.00 bits per heavy atom. The van der Waals surface area contributed by atoms with Crippen LogP contribution in [0, 0.1) is 0 Å². The summed E-state index contributed by atoms with van der Waals surface area (Å²) in [5, 5.41) is 6.76. The van der Waals surface area contributed by atoms with Crippen molar-refractivity contribution < 1.29 is 9.47 Å². The molecule has 0 amide bonds. The molecule has 0 saturated carbocycles. The Kier molecular flexibility index (Phi) is 9.35. The minimum atomic E-state index is 0.467. The Morgan fingerprint density at radius 2 is 1.68 bits per heavy atom. The molecule has 0 aliphatic rings. The number of aliphatic imine (C=N–C) groups is 1. The van der Waals surface area contributed by atoms with Crippen LogP contribution in [0.3, 0.4) is 0 Å². The van der Waals surface area contributed by atoms with Crippen molar-refractivity contribution in [1.82, 2.24) is 10.6 Å². The molecule has 0 aromatic heterocycles. The highest BCUT2D eigenvalue weighted by Gasteiger charge is 2.06. The van der Waals surface area contributed by atoms with E-state index >= 15 is 0 Å². The summed E-state index contributed by atoms with van der Waals surface area (Å²) in [5.74, 6) is 2.18. The second-order valence-corrected chi connectivity index (χ2v) is 6.77. The van der Waals surface area contributed by atoms with E-state index in [1.165, 1.54) is 16.7 Å². The number of hydrogen-bond acceptors (Lipinski definition) is 3. The van der Waals surface area contributed by atoms with Gasteiger partial charge in [-0.05, 0) is 48.1 Å². The number of hydrogen-bond donors (Lipinski definition) is 2. The normalized spacial score (nSPS) is 12.5. The van der Waals surface area contributed by atoms with Gasteiger partial charge in [0.25, 0.3) is 0 Å². The Balaban J connectivity index is 1.73. The number of nitrogens with zero attached hydrogens (tertiary/aromatic N) is 1. The lowest BCUT2D eigenvalue weighted by Gasteiger charge is -2.15. The van der Waals surface area contributed by atoms with Crippen LogP contribution in [0.15, 0.2) is 53.5 Å². The maximum atomic E-state index is 5.43. The lowest BCUT2D eigenvalue weighted by atomic mass is 9.98. The van der Waals surface area contributed by atoms with E-state index in [9.17, 15) is 0 Å². The van der Waals surface area contributed by atoms with Crippen LogP contribution in [0.4, 0.5) is 0 Å². The smallest absolute Gasteiger partial charge is 0.191 e. The lowest BCUT2D eigenvalue weighted by molar-refractivity contribution is 0.134. The van der Waals surface area contributed by atoms with E-state index in [-0.39, 0.29) is 0 Å². The first-order valence-electron chi connectivity index (χ1n) is 9.90. The first-order valence-corrected chi connectivity index (χ1v) is 9.90. The van der Waals surface area contributed by atoms with Gasteiger partial charge < -0.3 is 20.1 Å². The number of guanidine groups is 1. The largest absolute Gasteiger partial charge is 0.497 e. The minimum absolute atomic E-state index is 0.467. The third-order valence-electron chi connectivity index (χ3n) is 4.73. The van der Waals surface area contributed by atoms with Crippen molar-refractivity contribution in [2.45, 2.75) is 39.3 Å². The van der Waals surface area contributed by atoms with Crippen molar-refractivity contribution in [2.24, 2.45) is 4.99 Å². The summed E-state index contributed by atoms with van der Waals surface area (Å²) in [4.78, 5) is 4.31. The molecule has 1 atom stereocenters. The molecule has 2 aromatic carbocycles. The van der Waals surface area contributed by atoms with Crippen molar-refractivity contribution in [3.8, 4) is 5.75 Å². The van der Waals surface area contributed by atoms with Gasteiger partial charge in [0.1, 0.15) is 5.75 Å². The summed E-state index contributed by atoms with van der Waals surface area (Å²) in [6.07, 6.45) is 1.03. The summed E-state index contributed by atoms with van der Waals surface area (Å²) in [5.41, 5.74) is 3.73. The maximum Gasteiger partial charge on any atom is 0.191 e. The molecule has 0 heterocycles. The first-order chi connectivity index (χ1) is 13.7. The van der Waals surface area contributed by atoms with Gasteiger partial charge in [0.2, 0.25) is 0 Å². The van der Waals surface area contributed by atoms with Gasteiger partial charge in [-0.25, -0.2) is 0 Å². The van der Waals surface area contributed by atoms with E-state index in [0.29, 0.717) is 12.5 Å². The average molecular weight is 384 g/mol. The number of benzene rings is 2. The van der Waals surface area contributed by atoms with Gasteiger partial charge in [-0.3, -0.25) is 4.99 Å². The molecule has 5 heteroatoms. The van der Waals surface area contributed by atoms with Crippen molar-refractivity contribution >= 4 is 5.96 Å². The zero-order valence-electron chi connectivity index (χ0n) is 17.5. The van der Waals surface area contributed by atoms with E-state index in [4.69, 9.17) is 9.47 Å². The third kappa shape index (κ3) is 7.24. The zero-order valence-corrected chi connectivity index (χ0v) is 17.5. The van der Waals surface area contributed by atoms with Gasteiger partial charge in [0.15, 0.2) is 5.96 Å². The quantitative estimate of drug-likeness (QED) is 0.479. The molecule has 0 aliphatic heterocycles. The van der Waals surface area contributed by atoms with E-state index < -0.39 is 0 Å². The molecule has 2 aromatic rings. The standard InChI is InChI=1S/C23H33N3O2/c1-5-28-17-20-8-6-19(7-9-20)16-26-23(24-3)25-15-14-18(2)21-10-12-22(27-4)13-11-21/h6-13,18H,5,14-17H2,1-4H3,(H2,24,25,26). The Labute approximate surface area is 169 Å². The molecular weight excluding hydrogens is 350 g/mol. The lowest BCUT2D eigenvalue weighted by Crippen LogP contribution is -2.37. The van der Waals surface area contributed by atoms with Crippen LogP contribution in [0.5, 0.6) is 5.75 Å². The van der Waals surface area contributed by atoms with Gasteiger partial charge in [0.05, 0.1) is 13.7 Å². The predicted molar refractivity (Wildman–Crippen MR) is 116 cm³/mol. The highest BCUT2D eigenvalue weighted by Crippen LogP contribution is 2.21. The van der Waals surface area contributed by atoms with Crippen LogP contribution in [-0.4, -0.2) is 33.3 Å². The topological polar surface area (TPSA) is 54.9 Å². The number of rotatable bonds is 10. The zero-order chi connectivity index (χ0) is 20.2. The molecule has 2 rings (SSSR count). The van der Waals surface area contributed by atoms with Crippen molar-refractivity contribution in [2.75, 3.05) is 27.3 Å². The van der Waals surface area contributed by atoms with Gasteiger partial charge in [-0.1, -0.05) is 43.3 Å². The molecule has 5 nitrogen and oxygen atoms in total. The first kappa shape index (κ1) is 21.8. The minimum Gasteiger partial charge on any atom is -0.497 e. The van der Waals surface area contributed by atoms with Gasteiger partial charge in [-0.15, -0.1) is 0 Å². The molecule has 2 N–H and O–H groups in total. The van der Waals surface area contributed by atoms with E-state index in [2.05, 4.69) is 58.9 Å². The SMILES string of the molecule is CCOCc1ccc(CNC(=NC)NCCC(C)c2ccc(OC)cc2)cc1. The van der Waals surface area contributed by atoms with Crippen LogP contribution in [-0.2, 0) is 17.9 Å². The molecule has 0 bridgehead atoms. The van der Waals surface area contributed by atoms with Crippen LogP contribution in [0.1, 0.15) is 42.9 Å². The second kappa shape index (κ2) is 12.0. The molecule has 0 radical (unpaired) electrons. The van der Waals surface area contributed by atoms with Crippen molar-refractivity contribution in [3.05, 3.63) is 65.2 Å². The number of ether oxygens (including phenoxy) is 2. The summed E-state index contributed by atoms with van der Waals surface area (Å²) >= 11 is 0. The number of methoxy groups -OCH3 is 1. The molecule has 0 spiro atoms.